The van der Waals surface area contributed by atoms with Crippen molar-refractivity contribution < 1.29 is 4.79 Å². The van der Waals surface area contributed by atoms with Gasteiger partial charge in [0.1, 0.15) is 0 Å². The van der Waals surface area contributed by atoms with Crippen LogP contribution in [0.15, 0.2) is 48.5 Å². The van der Waals surface area contributed by atoms with Crippen molar-refractivity contribution in [1.82, 2.24) is 5.32 Å². The lowest BCUT2D eigenvalue weighted by atomic mass is 9.91. The molecule has 4 heteroatoms. The van der Waals surface area contributed by atoms with Crippen LogP contribution in [0.25, 0.3) is 0 Å². The van der Waals surface area contributed by atoms with Gasteiger partial charge in [0.15, 0.2) is 0 Å². The van der Waals surface area contributed by atoms with Crippen molar-refractivity contribution in [3.8, 4) is 0 Å². The van der Waals surface area contributed by atoms with E-state index in [1.54, 1.807) is 24.3 Å². The zero-order valence-corrected chi connectivity index (χ0v) is 13.1. The highest BCUT2D eigenvalue weighted by atomic mass is 35.5. The number of rotatable bonds is 3. The fraction of sp³-hybridized carbons (Fsp3) is 0.278. The highest BCUT2D eigenvalue weighted by Crippen LogP contribution is 2.24. The molecule has 0 aliphatic carbocycles. The fourth-order valence-corrected chi connectivity index (χ4v) is 2.91. The van der Waals surface area contributed by atoms with Gasteiger partial charge in [-0.25, -0.2) is 0 Å². The molecule has 1 aliphatic heterocycles. The maximum Gasteiger partial charge on any atom is 0.255 e. The van der Waals surface area contributed by atoms with Crippen LogP contribution in [0.5, 0.6) is 0 Å². The molecular weight excluding hydrogens is 296 g/mol. The van der Waals surface area contributed by atoms with E-state index in [0.717, 1.165) is 18.8 Å². The van der Waals surface area contributed by atoms with Crippen LogP contribution in [-0.2, 0) is 0 Å². The van der Waals surface area contributed by atoms with Crippen molar-refractivity contribution in [3.63, 3.8) is 0 Å². The van der Waals surface area contributed by atoms with E-state index in [9.17, 15) is 4.79 Å². The van der Waals surface area contributed by atoms with Gasteiger partial charge in [-0.15, -0.1) is 0 Å². The van der Waals surface area contributed by atoms with Gasteiger partial charge in [-0.1, -0.05) is 23.7 Å². The van der Waals surface area contributed by atoms with Gasteiger partial charge in [-0.3, -0.25) is 4.79 Å². The molecule has 2 aromatic carbocycles. The number of nitrogens with one attached hydrogen (secondary N) is 2. The summed E-state index contributed by atoms with van der Waals surface area (Å²) in [4.78, 5) is 12.1. The average Bonchev–Trinajstić information content (AvgIpc) is 2.57. The molecule has 0 aromatic heterocycles. The Kier molecular flexibility index (Phi) is 4.76. The maximum atomic E-state index is 12.1. The van der Waals surface area contributed by atoms with Crippen molar-refractivity contribution in [2.45, 2.75) is 18.8 Å². The van der Waals surface area contributed by atoms with Crippen molar-refractivity contribution in [3.05, 3.63) is 64.7 Å². The van der Waals surface area contributed by atoms with Crippen LogP contribution in [0.1, 0.15) is 34.7 Å². The first kappa shape index (κ1) is 15.1. The first-order valence-corrected chi connectivity index (χ1v) is 7.98. The summed E-state index contributed by atoms with van der Waals surface area (Å²) in [7, 11) is 0. The number of halogens is 1. The van der Waals surface area contributed by atoms with Crippen LogP contribution in [-0.4, -0.2) is 19.0 Å². The highest BCUT2D eigenvalue weighted by Gasteiger charge is 2.15. The van der Waals surface area contributed by atoms with E-state index in [-0.39, 0.29) is 5.91 Å². The molecule has 0 radical (unpaired) electrons. The number of piperidine rings is 1. The second-order valence-electron chi connectivity index (χ2n) is 5.63. The van der Waals surface area contributed by atoms with Crippen LogP contribution in [0, 0.1) is 0 Å². The van der Waals surface area contributed by atoms with Gasteiger partial charge in [-0.2, -0.15) is 0 Å². The van der Waals surface area contributed by atoms with Crippen molar-refractivity contribution >= 4 is 23.2 Å². The van der Waals surface area contributed by atoms with E-state index in [0.29, 0.717) is 16.5 Å². The molecule has 1 saturated heterocycles. The molecule has 1 heterocycles. The van der Waals surface area contributed by atoms with Gasteiger partial charge in [0.2, 0.25) is 0 Å². The first-order valence-electron chi connectivity index (χ1n) is 7.60. The molecule has 1 amide bonds. The van der Waals surface area contributed by atoms with Crippen molar-refractivity contribution in [1.29, 1.82) is 0 Å². The lowest BCUT2D eigenvalue weighted by molar-refractivity contribution is 0.102. The molecule has 0 saturated carbocycles. The average molecular weight is 315 g/mol. The molecule has 22 heavy (non-hydrogen) atoms. The number of benzene rings is 2. The summed E-state index contributed by atoms with van der Waals surface area (Å²) in [6.45, 7) is 2.15. The molecule has 0 spiro atoms. The molecule has 3 rings (SSSR count). The summed E-state index contributed by atoms with van der Waals surface area (Å²) in [5.74, 6) is 0.457. The van der Waals surface area contributed by atoms with Gasteiger partial charge in [0.05, 0.1) is 0 Å². The number of carbonyl (C=O) groups excluding carboxylic acids is 1. The second-order valence-corrected chi connectivity index (χ2v) is 6.06. The Bertz CT molecular complexity index is 631. The first-order chi connectivity index (χ1) is 10.7. The minimum Gasteiger partial charge on any atom is -0.322 e. The maximum absolute atomic E-state index is 12.1. The third-order valence-corrected chi connectivity index (χ3v) is 4.30. The van der Waals surface area contributed by atoms with Gasteiger partial charge < -0.3 is 10.6 Å². The van der Waals surface area contributed by atoms with Gasteiger partial charge in [0, 0.05) is 22.8 Å². The molecule has 1 aliphatic rings. The van der Waals surface area contributed by atoms with Gasteiger partial charge >= 0.3 is 0 Å². The number of carbonyl (C=O) groups is 1. The quantitative estimate of drug-likeness (QED) is 0.897. The lowest BCUT2D eigenvalue weighted by Gasteiger charge is -2.23. The molecule has 1 atom stereocenters. The number of anilines is 1. The highest BCUT2D eigenvalue weighted by molar-refractivity contribution is 6.30. The third-order valence-electron chi connectivity index (χ3n) is 4.04. The summed E-state index contributed by atoms with van der Waals surface area (Å²) in [5.41, 5.74) is 2.74. The molecule has 2 N–H and O–H groups in total. The van der Waals surface area contributed by atoms with Gasteiger partial charge in [0.25, 0.3) is 5.91 Å². The third kappa shape index (κ3) is 3.67. The zero-order chi connectivity index (χ0) is 15.4. The van der Waals surface area contributed by atoms with E-state index in [1.807, 2.05) is 12.1 Å². The minimum absolute atomic E-state index is 0.122. The largest absolute Gasteiger partial charge is 0.322 e. The number of hydrogen-bond acceptors (Lipinski definition) is 2. The molecular formula is C18H19ClN2O. The Hall–Kier alpha value is -1.84. The second kappa shape index (κ2) is 6.95. The van der Waals surface area contributed by atoms with E-state index in [4.69, 9.17) is 11.6 Å². The summed E-state index contributed by atoms with van der Waals surface area (Å²) in [6, 6.07) is 15.0. The smallest absolute Gasteiger partial charge is 0.255 e. The fourth-order valence-electron chi connectivity index (χ4n) is 2.78. The van der Waals surface area contributed by atoms with Gasteiger partial charge in [-0.05, 0) is 67.3 Å². The van der Waals surface area contributed by atoms with E-state index >= 15 is 0 Å². The predicted octanol–water partition coefficient (Wildman–Crippen LogP) is 4.06. The van der Waals surface area contributed by atoms with E-state index in [2.05, 4.69) is 22.8 Å². The van der Waals surface area contributed by atoms with Crippen LogP contribution < -0.4 is 10.6 Å². The summed E-state index contributed by atoms with van der Waals surface area (Å²) >= 11 is 5.83. The molecule has 3 nitrogen and oxygen atoms in total. The Balaban J connectivity index is 1.65. The normalized spacial score (nSPS) is 18.0. The Labute approximate surface area is 135 Å². The standard InChI is InChI=1S/C18H19ClN2O/c19-16-7-3-14(4-8-16)18(22)21-17-9-5-13(6-10-17)15-2-1-11-20-12-15/h3-10,15,20H,1-2,11-12H2,(H,21,22)/t15-/m1/s1. The number of amides is 1. The van der Waals surface area contributed by atoms with Crippen LogP contribution >= 0.6 is 11.6 Å². The minimum atomic E-state index is -0.122. The Morgan fingerprint density at radius 3 is 2.45 bits per heavy atom. The topological polar surface area (TPSA) is 41.1 Å². The molecule has 114 valence electrons. The SMILES string of the molecule is O=C(Nc1ccc([C@@H]2CCCNC2)cc1)c1ccc(Cl)cc1. The number of hydrogen-bond donors (Lipinski definition) is 2. The monoisotopic (exact) mass is 314 g/mol. The van der Waals surface area contributed by atoms with Crippen LogP contribution in [0.2, 0.25) is 5.02 Å². The summed E-state index contributed by atoms with van der Waals surface area (Å²) in [6.07, 6.45) is 2.45. The summed E-state index contributed by atoms with van der Waals surface area (Å²) in [5, 5.41) is 6.96. The van der Waals surface area contributed by atoms with E-state index < -0.39 is 0 Å². The van der Waals surface area contributed by atoms with E-state index in [1.165, 1.54) is 18.4 Å². The Morgan fingerprint density at radius 1 is 1.09 bits per heavy atom. The molecule has 2 aromatic rings. The lowest BCUT2D eigenvalue weighted by Crippen LogP contribution is -2.28. The zero-order valence-electron chi connectivity index (χ0n) is 12.3. The van der Waals surface area contributed by atoms with Crippen molar-refractivity contribution in [2.24, 2.45) is 0 Å². The predicted molar refractivity (Wildman–Crippen MR) is 90.7 cm³/mol. The Morgan fingerprint density at radius 2 is 1.82 bits per heavy atom. The van der Waals surface area contributed by atoms with Crippen LogP contribution in [0.3, 0.4) is 0 Å². The van der Waals surface area contributed by atoms with Crippen LogP contribution in [0.4, 0.5) is 5.69 Å². The molecule has 1 fully saturated rings. The summed E-state index contributed by atoms with van der Waals surface area (Å²) < 4.78 is 0. The molecule has 0 bridgehead atoms. The molecule has 0 unspecified atom stereocenters. The van der Waals surface area contributed by atoms with Crippen molar-refractivity contribution in [2.75, 3.05) is 18.4 Å².